The molecule has 34 heavy (non-hydrogen) atoms. The molecule has 2 rings (SSSR count). The van der Waals surface area contributed by atoms with Crippen LogP contribution in [0.1, 0.15) is 175 Å². The van der Waals surface area contributed by atoms with Gasteiger partial charge in [0.15, 0.2) is 0 Å². The molecule has 0 aromatic carbocycles. The maximum Gasteiger partial charge on any atom is -0.0337 e. The van der Waals surface area contributed by atoms with Crippen molar-refractivity contribution < 1.29 is 0 Å². The van der Waals surface area contributed by atoms with E-state index in [1.54, 1.807) is 0 Å². The van der Waals surface area contributed by atoms with E-state index in [0.29, 0.717) is 21.7 Å². The molecule has 2 fully saturated rings. The van der Waals surface area contributed by atoms with Crippen LogP contribution in [0.4, 0.5) is 0 Å². The highest BCUT2D eigenvalue weighted by Crippen LogP contribution is 2.47. The Bertz CT molecular complexity index is 424. The van der Waals surface area contributed by atoms with E-state index < -0.39 is 0 Å². The fourth-order valence-corrected chi connectivity index (χ4v) is 6.76. The van der Waals surface area contributed by atoms with Crippen LogP contribution in [-0.2, 0) is 0 Å². The maximum atomic E-state index is 2.43. The molecule has 4 atom stereocenters. The zero-order valence-electron chi connectivity index (χ0n) is 27.4. The molecule has 0 nitrogen and oxygen atoms in total. The van der Waals surface area contributed by atoms with Crippen molar-refractivity contribution in [2.75, 3.05) is 0 Å². The van der Waals surface area contributed by atoms with E-state index in [1.165, 1.54) is 64.2 Å². The molecule has 0 spiro atoms. The topological polar surface area (TPSA) is 0 Å². The minimum Gasteiger partial charge on any atom is -0.0683 e. The zero-order valence-corrected chi connectivity index (χ0v) is 27.4. The van der Waals surface area contributed by atoms with E-state index in [-0.39, 0.29) is 0 Å². The largest absolute Gasteiger partial charge is 0.0683 e. The fraction of sp³-hybridized carbons (Fsp3) is 1.00. The average molecular weight is 481 g/mol. The summed E-state index contributed by atoms with van der Waals surface area (Å²) < 4.78 is 0. The molecule has 0 aromatic heterocycles. The summed E-state index contributed by atoms with van der Waals surface area (Å²) in [6.45, 7) is 36.9. The molecule has 208 valence electrons. The quantitative estimate of drug-likeness (QED) is 0.368. The molecule has 0 amide bonds. The summed E-state index contributed by atoms with van der Waals surface area (Å²) in [4.78, 5) is 0. The molecule has 0 aliphatic heterocycles. The Balaban J connectivity index is 0. The van der Waals surface area contributed by atoms with Gasteiger partial charge in [0.2, 0.25) is 0 Å². The van der Waals surface area contributed by atoms with Gasteiger partial charge in [-0.3, -0.25) is 0 Å². The molecule has 2 aliphatic carbocycles. The summed E-state index contributed by atoms with van der Waals surface area (Å²) in [6.07, 6.45) is 14.5. The van der Waals surface area contributed by atoms with Crippen molar-refractivity contribution in [3.8, 4) is 0 Å². The van der Waals surface area contributed by atoms with Crippen LogP contribution in [0.3, 0.4) is 0 Å². The van der Waals surface area contributed by atoms with E-state index in [9.17, 15) is 0 Å². The van der Waals surface area contributed by atoms with Crippen LogP contribution in [0.15, 0.2) is 0 Å². The lowest BCUT2D eigenvalue weighted by molar-refractivity contribution is 0.0770. The third-order valence-corrected chi connectivity index (χ3v) is 7.79. The molecular weight excluding hydrogens is 408 g/mol. The van der Waals surface area contributed by atoms with Gasteiger partial charge in [-0.15, -0.1) is 0 Å². The van der Waals surface area contributed by atoms with Gasteiger partial charge in [-0.05, 0) is 71.0 Å². The lowest BCUT2D eigenvalue weighted by Crippen LogP contribution is -2.33. The number of hydrogen-bond donors (Lipinski definition) is 0. The van der Waals surface area contributed by atoms with Crippen molar-refractivity contribution in [3.63, 3.8) is 0 Å². The molecule has 0 N–H and O–H groups in total. The van der Waals surface area contributed by atoms with E-state index in [4.69, 9.17) is 0 Å². The minimum absolute atomic E-state index is 0.505. The second-order valence-electron chi connectivity index (χ2n) is 15.6. The van der Waals surface area contributed by atoms with E-state index in [0.717, 1.165) is 23.7 Å². The third-order valence-electron chi connectivity index (χ3n) is 7.79. The number of rotatable bonds is 2. The molecule has 4 unspecified atom stereocenters. The highest BCUT2D eigenvalue weighted by Gasteiger charge is 2.36. The van der Waals surface area contributed by atoms with Gasteiger partial charge < -0.3 is 0 Å². The van der Waals surface area contributed by atoms with Gasteiger partial charge in [0.1, 0.15) is 0 Å². The van der Waals surface area contributed by atoms with Crippen molar-refractivity contribution in [2.24, 2.45) is 45.3 Å². The van der Waals surface area contributed by atoms with Crippen LogP contribution in [0.2, 0.25) is 0 Å². The third kappa shape index (κ3) is 15.9. The summed E-state index contributed by atoms with van der Waals surface area (Å²) >= 11 is 0. The molecule has 0 saturated heterocycles. The molecule has 2 aliphatic rings. The highest BCUT2D eigenvalue weighted by molar-refractivity contribution is 4.87. The predicted molar refractivity (Wildman–Crippen MR) is 161 cm³/mol. The van der Waals surface area contributed by atoms with Gasteiger partial charge in [0, 0.05) is 0 Å². The van der Waals surface area contributed by atoms with Crippen molar-refractivity contribution in [3.05, 3.63) is 0 Å². The Labute approximate surface area is 220 Å². The molecule has 0 heterocycles. The molecular formula is C34H72. The van der Waals surface area contributed by atoms with E-state index >= 15 is 0 Å². The van der Waals surface area contributed by atoms with Crippen LogP contribution in [0.25, 0.3) is 0 Å². The molecule has 0 heteroatoms. The second kappa shape index (κ2) is 16.0. The summed E-state index contributed by atoms with van der Waals surface area (Å²) in [7, 11) is 0. The summed E-state index contributed by atoms with van der Waals surface area (Å²) in [5.41, 5.74) is 2.03. The average Bonchev–Trinajstić information content (AvgIpc) is 2.68. The fourth-order valence-electron chi connectivity index (χ4n) is 6.76. The Morgan fingerprint density at radius 3 is 0.853 bits per heavy atom. The van der Waals surface area contributed by atoms with Gasteiger partial charge in [-0.1, -0.05) is 149 Å². The summed E-state index contributed by atoms with van der Waals surface area (Å²) in [5, 5.41) is 0. The SMILES string of the molecule is CC.CC.CC(C)(C)CC1CCCCC1C(C)(C)C.CC(C)(C)CC1CCCCC1C(C)(C)C. The molecule has 0 bridgehead atoms. The van der Waals surface area contributed by atoms with Crippen LogP contribution in [0.5, 0.6) is 0 Å². The van der Waals surface area contributed by atoms with Crippen LogP contribution in [-0.4, -0.2) is 0 Å². The predicted octanol–water partition coefficient (Wildman–Crippen LogP) is 12.6. The maximum absolute atomic E-state index is 2.43. The van der Waals surface area contributed by atoms with Gasteiger partial charge in [0.05, 0.1) is 0 Å². The minimum atomic E-state index is 0.505. The molecule has 0 aromatic rings. The summed E-state index contributed by atoms with van der Waals surface area (Å²) in [5.74, 6) is 3.84. The Morgan fingerprint density at radius 1 is 0.412 bits per heavy atom. The Morgan fingerprint density at radius 2 is 0.647 bits per heavy atom. The highest BCUT2D eigenvalue weighted by atomic mass is 14.4. The standard InChI is InChI=1S/2C15H30.2C2H6/c2*1-14(2,3)11-12-9-7-8-10-13(12)15(4,5)6;2*1-2/h2*12-13H,7-11H2,1-6H3;2*1-2H3. The first kappa shape index (κ1) is 36.2. The lowest BCUT2D eigenvalue weighted by atomic mass is 9.63. The van der Waals surface area contributed by atoms with E-state index in [2.05, 4.69) is 83.1 Å². The van der Waals surface area contributed by atoms with Crippen molar-refractivity contribution >= 4 is 0 Å². The Kier molecular flexibility index (Phi) is 17.0. The first-order valence-corrected chi connectivity index (χ1v) is 15.4. The van der Waals surface area contributed by atoms with E-state index in [1.807, 2.05) is 27.7 Å². The monoisotopic (exact) mass is 481 g/mol. The lowest BCUT2D eigenvalue weighted by Gasteiger charge is -2.43. The Hall–Kier alpha value is 0. The normalized spacial score (nSPS) is 26.1. The molecule has 0 radical (unpaired) electrons. The van der Waals surface area contributed by atoms with Gasteiger partial charge >= 0.3 is 0 Å². The number of hydrogen-bond acceptors (Lipinski definition) is 0. The summed E-state index contributed by atoms with van der Waals surface area (Å²) in [6, 6.07) is 0. The van der Waals surface area contributed by atoms with Crippen LogP contribution in [0, 0.1) is 45.3 Å². The van der Waals surface area contributed by atoms with Gasteiger partial charge in [-0.25, -0.2) is 0 Å². The van der Waals surface area contributed by atoms with Crippen molar-refractivity contribution in [2.45, 2.75) is 175 Å². The van der Waals surface area contributed by atoms with Crippen LogP contribution >= 0.6 is 0 Å². The first-order valence-electron chi connectivity index (χ1n) is 15.4. The second-order valence-corrected chi connectivity index (χ2v) is 15.6. The first-order chi connectivity index (χ1) is 15.4. The zero-order chi connectivity index (χ0) is 27.4. The van der Waals surface area contributed by atoms with Crippen LogP contribution < -0.4 is 0 Å². The molecule has 2 saturated carbocycles. The van der Waals surface area contributed by atoms with Crippen molar-refractivity contribution in [1.29, 1.82) is 0 Å². The van der Waals surface area contributed by atoms with Gasteiger partial charge in [-0.2, -0.15) is 0 Å². The van der Waals surface area contributed by atoms with Crippen molar-refractivity contribution in [1.82, 2.24) is 0 Å². The van der Waals surface area contributed by atoms with Gasteiger partial charge in [0.25, 0.3) is 0 Å². The smallest absolute Gasteiger partial charge is 0.0337 e.